The molecular formula is C48H38Fe2O8+4. The average Bonchev–Trinajstić information content (AvgIpc) is 4.11. The number of hydrogen-bond acceptors (Lipinski definition) is 8. The van der Waals surface area contributed by atoms with Gasteiger partial charge in [-0.1, -0.05) is 23.7 Å². The number of hydrogen-bond donors (Lipinski definition) is 0. The normalized spacial score (nSPS) is 32.5. The Morgan fingerprint density at radius 2 is 0.534 bits per heavy atom. The summed E-state index contributed by atoms with van der Waals surface area (Å²) < 4.78 is 53.6. The summed E-state index contributed by atoms with van der Waals surface area (Å²) in [5, 5.41) is 0. The Morgan fingerprint density at radius 1 is 0.310 bits per heavy atom. The van der Waals surface area contributed by atoms with E-state index in [2.05, 4.69) is 23.7 Å². The third-order valence-electron chi connectivity index (χ3n) is 10.7. The Balaban J connectivity index is 0.000000345. The average molecular weight is 855 g/mol. The van der Waals surface area contributed by atoms with Gasteiger partial charge in [-0.05, 0) is 140 Å². The summed E-state index contributed by atoms with van der Waals surface area (Å²) >= 11 is 0. The third kappa shape index (κ3) is 7.20. The van der Waals surface area contributed by atoms with Gasteiger partial charge in [-0.15, -0.1) is 0 Å². The molecule has 4 saturated carbocycles. The third-order valence-corrected chi connectivity index (χ3v) is 10.7. The second-order valence-corrected chi connectivity index (χ2v) is 13.9. The molecule has 8 nitrogen and oxygen atoms in total. The van der Waals surface area contributed by atoms with Gasteiger partial charge in [-0.25, -0.2) is 0 Å². The van der Waals surface area contributed by atoms with Crippen LogP contribution in [0.5, 0.6) is 0 Å². The zero-order chi connectivity index (χ0) is 37.5. The molecule has 0 aromatic heterocycles. The Labute approximate surface area is 366 Å². The fourth-order valence-corrected chi connectivity index (χ4v) is 8.59. The van der Waals surface area contributed by atoms with Crippen LogP contribution in [0.2, 0.25) is 0 Å². The SMILES string of the molecule is C(#Cc1cc2c3c(c1)C14OCCOC1(OCCO4)c1cc(C#C[C]4[CH][CH][CH][CH]4)cc(c1-3)C13OCCOC21OCCO3)[C]1[CH][CH][CH][CH]1.[CH]1[CH][CH][CH][CH]1.[CH]1[CH][CH][CH][CH]1.[Fe+2].[Fe+2]. The van der Waals surface area contributed by atoms with E-state index in [9.17, 15) is 0 Å². The summed E-state index contributed by atoms with van der Waals surface area (Å²) in [6.45, 7) is 2.53. The standard InChI is InChI=1S/C38H28O8.2C5H5.2Fe/c1-2-6-25(5-1)9-11-27-21-29-33-30(22-27)36-38(45-19-15-41-36,46-20-16-42-36)32-24-28(12-10-26-7-3-4-8-26)23-31(34(32)33)37-35(29,39-13-17-43-37)40-14-18-44-37;2*1-2-4-5-3-1;;/h1-8,21-24H,13-20H2;2*1-5H;;/q;;;2*+2. The summed E-state index contributed by atoms with van der Waals surface area (Å²) in [4.78, 5) is 0. The molecule has 6 aliphatic carbocycles. The van der Waals surface area contributed by atoms with Crippen molar-refractivity contribution in [3.63, 3.8) is 0 Å². The van der Waals surface area contributed by atoms with E-state index in [1.807, 2.05) is 140 Å². The van der Waals surface area contributed by atoms with Crippen LogP contribution >= 0.6 is 0 Å². The fourth-order valence-electron chi connectivity index (χ4n) is 8.59. The second kappa shape index (κ2) is 18.3. The van der Waals surface area contributed by atoms with Crippen molar-refractivity contribution in [2.24, 2.45) is 0 Å². The minimum atomic E-state index is -1.42. The van der Waals surface area contributed by atoms with Crippen LogP contribution in [-0.2, 0) is 95.2 Å². The maximum absolute atomic E-state index is 6.70. The van der Waals surface area contributed by atoms with Crippen molar-refractivity contribution < 1.29 is 72.0 Å². The first-order valence-corrected chi connectivity index (χ1v) is 19.0. The predicted molar refractivity (Wildman–Crippen MR) is 204 cm³/mol. The predicted octanol–water partition coefficient (Wildman–Crippen LogP) is 5.73. The Hall–Kier alpha value is -1.72. The minimum absolute atomic E-state index is 0. The van der Waals surface area contributed by atoms with E-state index in [4.69, 9.17) is 37.9 Å². The Kier molecular flexibility index (Phi) is 13.6. The fraction of sp³-hybridized carbons (Fsp3) is 0.250. The molecule has 0 bridgehead atoms. The van der Waals surface area contributed by atoms with Gasteiger partial charge < -0.3 is 37.9 Å². The van der Waals surface area contributed by atoms with Gasteiger partial charge in [0.15, 0.2) is 0 Å². The van der Waals surface area contributed by atoms with Crippen LogP contribution in [0.4, 0.5) is 0 Å². The van der Waals surface area contributed by atoms with Crippen molar-refractivity contribution in [2.75, 3.05) is 52.9 Å². The molecule has 290 valence electrons. The number of ether oxygens (including phenoxy) is 8. The molecule has 0 unspecified atom stereocenters. The molecule has 8 fully saturated rings. The maximum Gasteiger partial charge on any atom is 2.00 e. The molecule has 4 heterocycles. The van der Waals surface area contributed by atoms with Crippen molar-refractivity contribution >= 4 is 0 Å². The first kappa shape index (κ1) is 42.9. The van der Waals surface area contributed by atoms with Crippen LogP contribution in [0.1, 0.15) is 33.4 Å². The molecule has 4 saturated heterocycles. The number of rotatable bonds is 0. The molecular weight excluding hydrogens is 816 g/mol. The van der Waals surface area contributed by atoms with Crippen molar-refractivity contribution in [1.29, 1.82) is 0 Å². The first-order valence-electron chi connectivity index (χ1n) is 19.0. The molecule has 20 radical (unpaired) electrons. The van der Waals surface area contributed by atoms with Gasteiger partial charge in [0.1, 0.15) is 0 Å². The molecule has 0 amide bonds. The van der Waals surface area contributed by atoms with Gasteiger partial charge in [0.2, 0.25) is 0 Å². The van der Waals surface area contributed by atoms with Gasteiger partial charge in [0.25, 0.3) is 23.1 Å². The van der Waals surface area contributed by atoms with Crippen LogP contribution in [0.3, 0.4) is 0 Å². The van der Waals surface area contributed by atoms with Crippen molar-refractivity contribution in [1.82, 2.24) is 0 Å². The van der Waals surface area contributed by atoms with Gasteiger partial charge in [0, 0.05) is 44.5 Å². The second-order valence-electron chi connectivity index (χ2n) is 13.9. The van der Waals surface area contributed by atoms with E-state index in [0.29, 0.717) is 52.9 Å². The van der Waals surface area contributed by atoms with Crippen LogP contribution < -0.4 is 0 Å². The summed E-state index contributed by atoms with van der Waals surface area (Å²) in [6, 6.07) is 8.11. The van der Waals surface area contributed by atoms with Crippen LogP contribution in [0.25, 0.3) is 11.1 Å². The maximum atomic E-state index is 6.70. The topological polar surface area (TPSA) is 73.8 Å². The van der Waals surface area contributed by atoms with Crippen LogP contribution in [0.15, 0.2) is 24.3 Å². The molecule has 0 spiro atoms. The molecule has 2 aromatic rings. The zero-order valence-electron chi connectivity index (χ0n) is 31.3. The van der Waals surface area contributed by atoms with E-state index in [-0.39, 0.29) is 34.1 Å². The van der Waals surface area contributed by atoms with Crippen LogP contribution in [0, 0.1) is 151 Å². The van der Waals surface area contributed by atoms with Gasteiger partial charge >= 0.3 is 34.1 Å². The van der Waals surface area contributed by atoms with Gasteiger partial charge in [-0.3, -0.25) is 0 Å². The molecule has 4 aliphatic heterocycles. The summed E-state index contributed by atoms with van der Waals surface area (Å²) in [5.74, 6) is 9.48. The summed E-state index contributed by atoms with van der Waals surface area (Å²) in [5.41, 5.74) is 6.16. The van der Waals surface area contributed by atoms with Crippen molar-refractivity contribution in [3.05, 3.63) is 185 Å². The molecule has 10 aliphatic rings. The molecule has 12 rings (SSSR count). The zero-order valence-corrected chi connectivity index (χ0v) is 33.5. The van der Waals surface area contributed by atoms with Crippen molar-refractivity contribution in [2.45, 2.75) is 23.1 Å². The Bertz CT molecular complexity index is 1640. The summed E-state index contributed by atoms with van der Waals surface area (Å²) in [6.07, 6.45) is 35.8. The summed E-state index contributed by atoms with van der Waals surface area (Å²) in [7, 11) is 0. The van der Waals surface area contributed by atoms with Crippen LogP contribution in [-0.4, -0.2) is 52.9 Å². The largest absolute Gasteiger partial charge is 2.00 e. The van der Waals surface area contributed by atoms with E-state index >= 15 is 0 Å². The van der Waals surface area contributed by atoms with E-state index in [0.717, 1.165) is 56.3 Å². The Morgan fingerprint density at radius 3 is 0.759 bits per heavy atom. The molecule has 2 aromatic carbocycles. The molecule has 58 heavy (non-hydrogen) atoms. The van der Waals surface area contributed by atoms with Crippen molar-refractivity contribution in [3.8, 4) is 34.8 Å². The van der Waals surface area contributed by atoms with Gasteiger partial charge in [-0.2, -0.15) is 0 Å². The van der Waals surface area contributed by atoms with Gasteiger partial charge in [0.05, 0.1) is 64.7 Å². The molecule has 10 heteroatoms. The first-order chi connectivity index (χ1) is 27.7. The molecule has 0 N–H and O–H groups in total. The number of benzene rings is 2. The van der Waals surface area contributed by atoms with E-state index < -0.39 is 23.1 Å². The quantitative estimate of drug-likeness (QED) is 0.246. The molecule has 0 atom stereocenters. The monoisotopic (exact) mass is 854 g/mol. The van der Waals surface area contributed by atoms with E-state index in [1.165, 1.54) is 0 Å². The minimum Gasteiger partial charge on any atom is -0.339 e. The van der Waals surface area contributed by atoms with E-state index in [1.54, 1.807) is 0 Å². The smallest absolute Gasteiger partial charge is 0.339 e.